The van der Waals surface area contributed by atoms with Gasteiger partial charge < -0.3 is 14.2 Å². The number of carbonyl (C=O) groups excluding carboxylic acids is 3. The van der Waals surface area contributed by atoms with Crippen molar-refractivity contribution in [2.45, 2.75) is 271 Å². The van der Waals surface area contributed by atoms with E-state index >= 15 is 0 Å². The summed E-state index contributed by atoms with van der Waals surface area (Å²) in [6, 6.07) is 0. The van der Waals surface area contributed by atoms with Crippen LogP contribution in [0.1, 0.15) is 265 Å². The number of hydrogen-bond donors (Lipinski definition) is 0. The van der Waals surface area contributed by atoms with Crippen LogP contribution in [0.25, 0.3) is 0 Å². The van der Waals surface area contributed by atoms with Crippen LogP contribution in [0.3, 0.4) is 0 Å². The lowest BCUT2D eigenvalue weighted by Crippen LogP contribution is -2.36. The van der Waals surface area contributed by atoms with Crippen LogP contribution >= 0.6 is 0 Å². The lowest BCUT2D eigenvalue weighted by molar-refractivity contribution is -0.151. The molecule has 0 amide bonds. The number of carbonyl (C=O) groups is 3. The monoisotopic (exact) mass is 834 g/mol. The molecule has 1 saturated heterocycles. The number of likely N-dealkylation sites (tertiary alicyclic amines) is 1. The van der Waals surface area contributed by atoms with Crippen molar-refractivity contribution in [2.75, 3.05) is 32.8 Å². The molecule has 1 aliphatic rings. The molecule has 0 aromatic heterocycles. The quantitative estimate of drug-likeness (QED) is 0.0344. The third-order valence-electron chi connectivity index (χ3n) is 12.9. The van der Waals surface area contributed by atoms with Crippen molar-refractivity contribution < 1.29 is 28.6 Å². The van der Waals surface area contributed by atoms with Crippen LogP contribution in [-0.2, 0) is 28.6 Å². The first-order valence-electron chi connectivity index (χ1n) is 26.1. The summed E-state index contributed by atoms with van der Waals surface area (Å²) in [5, 5.41) is 0. The van der Waals surface area contributed by atoms with Gasteiger partial charge in [-0.1, -0.05) is 188 Å². The smallest absolute Gasteiger partial charge is 0.320 e. The van der Waals surface area contributed by atoms with Crippen LogP contribution in [-0.4, -0.2) is 61.8 Å². The fraction of sp³-hybridized carbons (Fsp3) is 0.942. The van der Waals surface area contributed by atoms with Crippen LogP contribution < -0.4 is 0 Å². The number of unbranched alkanes of at least 4 members (excludes halogenated alkanes) is 18. The molecule has 0 bridgehead atoms. The van der Waals surface area contributed by atoms with Gasteiger partial charge in [0.15, 0.2) is 0 Å². The van der Waals surface area contributed by atoms with Gasteiger partial charge in [0, 0.05) is 12.8 Å². The highest BCUT2D eigenvalue weighted by molar-refractivity contribution is 5.72. The Morgan fingerprint density at radius 2 is 0.763 bits per heavy atom. The van der Waals surface area contributed by atoms with Crippen molar-refractivity contribution in [3.8, 4) is 0 Å². The summed E-state index contributed by atoms with van der Waals surface area (Å²) in [6.07, 6.45) is 42.2. The molecule has 7 nitrogen and oxygen atoms in total. The number of rotatable bonds is 43. The average Bonchev–Trinajstić information content (AvgIpc) is 3.22. The second-order valence-corrected chi connectivity index (χ2v) is 18.5. The Morgan fingerprint density at radius 3 is 1.15 bits per heavy atom. The van der Waals surface area contributed by atoms with Crippen LogP contribution in [0.5, 0.6) is 0 Å². The third-order valence-corrected chi connectivity index (χ3v) is 12.9. The molecule has 1 heterocycles. The minimum absolute atomic E-state index is 0.00704. The van der Waals surface area contributed by atoms with Gasteiger partial charge in [0.2, 0.25) is 0 Å². The van der Waals surface area contributed by atoms with Gasteiger partial charge in [-0.25, -0.2) is 0 Å². The van der Waals surface area contributed by atoms with E-state index in [1.54, 1.807) is 0 Å². The second kappa shape index (κ2) is 41.7. The topological polar surface area (TPSA) is 82.1 Å². The Balaban J connectivity index is 2.26. The van der Waals surface area contributed by atoms with Crippen molar-refractivity contribution in [3.63, 3.8) is 0 Å². The molecule has 0 radical (unpaired) electrons. The molecular weight excluding hydrogens is 735 g/mol. The molecule has 1 rings (SSSR count). The first kappa shape index (κ1) is 55.4. The average molecular weight is 834 g/mol. The Kier molecular flexibility index (Phi) is 39.2. The standard InChI is InChI=1S/C52H99NO6/c1-5-9-22-32-47(33-23-10-6-2)40-44-57-50(54)38-28-19-15-13-17-26-36-49(59-52(56)46-53-42-30-21-31-43-53)37-27-18-14-16-20-29-39-51(55)58-45-41-48(34-24-11-7-3)35-25-12-8-4/h47-49H,5-46H2,1-4H3. The van der Waals surface area contributed by atoms with E-state index < -0.39 is 0 Å². The molecular formula is C52H99NO6. The molecule has 0 saturated carbocycles. The summed E-state index contributed by atoms with van der Waals surface area (Å²) in [7, 11) is 0. The maximum Gasteiger partial charge on any atom is 0.320 e. The van der Waals surface area contributed by atoms with Crippen molar-refractivity contribution in [1.82, 2.24) is 4.90 Å². The molecule has 1 fully saturated rings. The zero-order valence-corrected chi connectivity index (χ0v) is 39.8. The maximum absolute atomic E-state index is 12.9. The Hall–Kier alpha value is -1.63. The third kappa shape index (κ3) is 35.6. The zero-order valence-electron chi connectivity index (χ0n) is 39.8. The van der Waals surface area contributed by atoms with Crippen LogP contribution in [0.15, 0.2) is 0 Å². The van der Waals surface area contributed by atoms with Crippen LogP contribution in [0.2, 0.25) is 0 Å². The summed E-state index contributed by atoms with van der Waals surface area (Å²) < 4.78 is 17.4. The molecule has 348 valence electrons. The fourth-order valence-electron chi connectivity index (χ4n) is 8.90. The van der Waals surface area contributed by atoms with E-state index in [0.717, 1.165) is 116 Å². The summed E-state index contributed by atoms with van der Waals surface area (Å²) in [6.45, 7) is 12.7. The molecule has 0 N–H and O–H groups in total. The predicted molar refractivity (Wildman–Crippen MR) is 249 cm³/mol. The minimum Gasteiger partial charge on any atom is -0.466 e. The largest absolute Gasteiger partial charge is 0.466 e. The van der Waals surface area contributed by atoms with Gasteiger partial charge in [-0.3, -0.25) is 19.3 Å². The van der Waals surface area contributed by atoms with E-state index in [9.17, 15) is 14.4 Å². The molecule has 7 heteroatoms. The van der Waals surface area contributed by atoms with Crippen molar-refractivity contribution in [2.24, 2.45) is 11.8 Å². The van der Waals surface area contributed by atoms with Crippen molar-refractivity contribution >= 4 is 17.9 Å². The first-order chi connectivity index (χ1) is 28.9. The summed E-state index contributed by atoms with van der Waals surface area (Å²) in [5.41, 5.74) is 0. The van der Waals surface area contributed by atoms with E-state index in [1.807, 2.05) is 0 Å². The molecule has 0 spiro atoms. The molecule has 0 atom stereocenters. The molecule has 0 aromatic carbocycles. The summed E-state index contributed by atoms with van der Waals surface area (Å²) >= 11 is 0. The number of piperidine rings is 1. The van der Waals surface area contributed by atoms with Gasteiger partial charge in [-0.05, 0) is 89.1 Å². The zero-order chi connectivity index (χ0) is 42.9. The number of hydrogen-bond acceptors (Lipinski definition) is 7. The van der Waals surface area contributed by atoms with E-state index in [1.165, 1.54) is 122 Å². The van der Waals surface area contributed by atoms with E-state index in [2.05, 4.69) is 32.6 Å². The van der Waals surface area contributed by atoms with Gasteiger partial charge in [0.05, 0.1) is 19.8 Å². The minimum atomic E-state index is -0.0531. The van der Waals surface area contributed by atoms with Crippen LogP contribution in [0, 0.1) is 11.8 Å². The van der Waals surface area contributed by atoms with Gasteiger partial charge in [0.1, 0.15) is 6.10 Å². The van der Waals surface area contributed by atoms with Gasteiger partial charge in [0.25, 0.3) is 0 Å². The van der Waals surface area contributed by atoms with E-state index in [0.29, 0.717) is 44.4 Å². The summed E-state index contributed by atoms with van der Waals surface area (Å²) in [5.74, 6) is 1.30. The Bertz CT molecular complexity index is 873. The van der Waals surface area contributed by atoms with E-state index in [-0.39, 0.29) is 24.0 Å². The lowest BCUT2D eigenvalue weighted by atomic mass is 9.92. The van der Waals surface area contributed by atoms with E-state index in [4.69, 9.17) is 14.2 Å². The highest BCUT2D eigenvalue weighted by Crippen LogP contribution is 2.23. The molecule has 0 unspecified atom stereocenters. The Morgan fingerprint density at radius 1 is 0.407 bits per heavy atom. The highest BCUT2D eigenvalue weighted by atomic mass is 16.5. The van der Waals surface area contributed by atoms with Gasteiger partial charge >= 0.3 is 17.9 Å². The van der Waals surface area contributed by atoms with Crippen molar-refractivity contribution in [3.05, 3.63) is 0 Å². The lowest BCUT2D eigenvalue weighted by Gasteiger charge is -2.26. The predicted octanol–water partition coefficient (Wildman–Crippen LogP) is 15.0. The summed E-state index contributed by atoms with van der Waals surface area (Å²) in [4.78, 5) is 40.0. The molecule has 1 aliphatic heterocycles. The number of esters is 3. The number of ether oxygens (including phenoxy) is 3. The maximum atomic E-state index is 12.9. The number of nitrogens with zero attached hydrogens (tertiary/aromatic N) is 1. The van der Waals surface area contributed by atoms with Crippen molar-refractivity contribution in [1.29, 1.82) is 0 Å². The fourth-order valence-corrected chi connectivity index (χ4v) is 8.90. The molecule has 0 aliphatic carbocycles. The normalized spacial score (nSPS) is 13.5. The van der Waals surface area contributed by atoms with Gasteiger partial charge in [-0.2, -0.15) is 0 Å². The first-order valence-corrected chi connectivity index (χ1v) is 26.1. The Labute approximate surface area is 366 Å². The second-order valence-electron chi connectivity index (χ2n) is 18.5. The van der Waals surface area contributed by atoms with Gasteiger partial charge in [-0.15, -0.1) is 0 Å². The molecule has 0 aromatic rings. The molecule has 59 heavy (non-hydrogen) atoms. The highest BCUT2D eigenvalue weighted by Gasteiger charge is 2.19. The van der Waals surface area contributed by atoms with Crippen LogP contribution in [0.4, 0.5) is 0 Å². The SMILES string of the molecule is CCCCCC(CCCCC)CCOC(=O)CCCCCCCCC(CCCCCCCCC(=O)OCCC(CCCCC)CCCCC)OC(=O)CN1CCCCC1.